The summed E-state index contributed by atoms with van der Waals surface area (Å²) < 4.78 is 12.9. The molecule has 1 atom stereocenters. The van der Waals surface area contributed by atoms with Gasteiger partial charge in [0.25, 0.3) is 0 Å². The summed E-state index contributed by atoms with van der Waals surface area (Å²) in [5.41, 5.74) is 6.64. The summed E-state index contributed by atoms with van der Waals surface area (Å²) in [6, 6.07) is 6.70. The third-order valence-electron chi connectivity index (χ3n) is 1.96. The van der Waals surface area contributed by atoms with Crippen LogP contribution in [0.5, 0.6) is 0 Å². The van der Waals surface area contributed by atoms with Crippen LogP contribution in [0.15, 0.2) is 24.3 Å². The maximum Gasteiger partial charge on any atom is 0.123 e. The minimum absolute atomic E-state index is 0.182. The fourth-order valence-corrected chi connectivity index (χ4v) is 2.26. The zero-order valence-corrected chi connectivity index (χ0v) is 9.19. The van der Waals surface area contributed by atoms with Crippen LogP contribution in [-0.2, 0) is 0 Å². The van der Waals surface area contributed by atoms with Crippen molar-refractivity contribution in [3.05, 3.63) is 35.6 Å². The molecule has 0 bridgehead atoms. The molecular formula is C11H16FNS. The molecule has 0 aromatic heterocycles. The van der Waals surface area contributed by atoms with Gasteiger partial charge in [0, 0.05) is 11.8 Å². The largest absolute Gasteiger partial charge is 0.329 e. The lowest BCUT2D eigenvalue weighted by Gasteiger charge is -2.14. The summed E-state index contributed by atoms with van der Waals surface area (Å²) in [6.07, 6.45) is 1.12. The van der Waals surface area contributed by atoms with Gasteiger partial charge in [-0.15, -0.1) is 0 Å². The topological polar surface area (TPSA) is 26.0 Å². The Morgan fingerprint density at radius 3 is 2.86 bits per heavy atom. The quantitative estimate of drug-likeness (QED) is 0.813. The summed E-state index contributed by atoms with van der Waals surface area (Å²) in [7, 11) is 0. The standard InChI is InChI=1S/C11H16FNS/c1-2-6-14-11(8-13)9-4-3-5-10(12)7-9/h3-5,7,11H,2,6,8,13H2,1H3. The maximum atomic E-state index is 12.9. The van der Waals surface area contributed by atoms with Gasteiger partial charge in [0.1, 0.15) is 5.82 Å². The minimum Gasteiger partial charge on any atom is -0.329 e. The second-order valence-electron chi connectivity index (χ2n) is 3.15. The second-order valence-corrected chi connectivity index (χ2v) is 4.46. The Kier molecular flexibility index (Phi) is 4.98. The molecule has 0 aliphatic heterocycles. The van der Waals surface area contributed by atoms with Crippen molar-refractivity contribution in [1.29, 1.82) is 0 Å². The Hall–Kier alpha value is -0.540. The minimum atomic E-state index is -0.182. The van der Waals surface area contributed by atoms with E-state index >= 15 is 0 Å². The van der Waals surface area contributed by atoms with Gasteiger partial charge in [0.15, 0.2) is 0 Å². The van der Waals surface area contributed by atoms with Crippen LogP contribution in [0.1, 0.15) is 24.2 Å². The van der Waals surface area contributed by atoms with Gasteiger partial charge in [0.2, 0.25) is 0 Å². The van der Waals surface area contributed by atoms with E-state index in [1.54, 1.807) is 23.9 Å². The van der Waals surface area contributed by atoms with Crippen molar-refractivity contribution in [1.82, 2.24) is 0 Å². The predicted octanol–water partition coefficient (Wildman–Crippen LogP) is 2.97. The van der Waals surface area contributed by atoms with Crippen molar-refractivity contribution in [3.8, 4) is 0 Å². The molecule has 0 heterocycles. The third-order valence-corrected chi connectivity index (χ3v) is 3.47. The van der Waals surface area contributed by atoms with Gasteiger partial charge in [-0.3, -0.25) is 0 Å². The Morgan fingerprint density at radius 2 is 2.29 bits per heavy atom. The fraction of sp³-hybridized carbons (Fsp3) is 0.455. The number of hydrogen-bond donors (Lipinski definition) is 1. The molecule has 0 fully saturated rings. The zero-order chi connectivity index (χ0) is 10.4. The van der Waals surface area contributed by atoms with Crippen LogP contribution in [0.3, 0.4) is 0 Å². The molecule has 0 aliphatic carbocycles. The smallest absolute Gasteiger partial charge is 0.123 e. The number of halogens is 1. The van der Waals surface area contributed by atoms with Crippen LogP contribution in [0.4, 0.5) is 4.39 Å². The highest BCUT2D eigenvalue weighted by Gasteiger charge is 2.09. The van der Waals surface area contributed by atoms with Crippen LogP contribution in [-0.4, -0.2) is 12.3 Å². The second kappa shape index (κ2) is 6.04. The van der Waals surface area contributed by atoms with Crippen molar-refractivity contribution < 1.29 is 4.39 Å². The van der Waals surface area contributed by atoms with Gasteiger partial charge >= 0.3 is 0 Å². The van der Waals surface area contributed by atoms with E-state index in [1.807, 2.05) is 6.07 Å². The average molecular weight is 213 g/mol. The first-order valence-electron chi connectivity index (χ1n) is 4.85. The highest BCUT2D eigenvalue weighted by atomic mass is 32.2. The normalized spacial score (nSPS) is 12.8. The molecule has 0 radical (unpaired) electrons. The van der Waals surface area contributed by atoms with Crippen molar-refractivity contribution in [2.45, 2.75) is 18.6 Å². The summed E-state index contributed by atoms with van der Waals surface area (Å²) in [4.78, 5) is 0. The Balaban J connectivity index is 2.68. The summed E-state index contributed by atoms with van der Waals surface area (Å²) in [6.45, 7) is 2.69. The third kappa shape index (κ3) is 3.31. The summed E-state index contributed by atoms with van der Waals surface area (Å²) >= 11 is 1.79. The number of benzene rings is 1. The summed E-state index contributed by atoms with van der Waals surface area (Å²) in [5, 5.41) is 0.227. The monoisotopic (exact) mass is 213 g/mol. The van der Waals surface area contributed by atoms with E-state index < -0.39 is 0 Å². The van der Waals surface area contributed by atoms with Crippen molar-refractivity contribution in [3.63, 3.8) is 0 Å². The molecule has 1 unspecified atom stereocenters. The van der Waals surface area contributed by atoms with Crippen LogP contribution in [0.25, 0.3) is 0 Å². The molecule has 2 N–H and O–H groups in total. The SMILES string of the molecule is CCCSC(CN)c1cccc(F)c1. The van der Waals surface area contributed by atoms with Gasteiger partial charge in [0.05, 0.1) is 0 Å². The predicted molar refractivity (Wildman–Crippen MR) is 60.9 cm³/mol. The van der Waals surface area contributed by atoms with E-state index in [-0.39, 0.29) is 11.1 Å². The molecule has 3 heteroatoms. The van der Waals surface area contributed by atoms with Crippen molar-refractivity contribution in [2.75, 3.05) is 12.3 Å². The van der Waals surface area contributed by atoms with Gasteiger partial charge in [-0.05, 0) is 29.9 Å². The van der Waals surface area contributed by atoms with Crippen LogP contribution < -0.4 is 5.73 Å². The molecule has 1 aromatic carbocycles. The van der Waals surface area contributed by atoms with Crippen molar-refractivity contribution in [2.24, 2.45) is 5.73 Å². The average Bonchev–Trinajstić information content (AvgIpc) is 2.19. The van der Waals surface area contributed by atoms with Gasteiger partial charge < -0.3 is 5.73 Å². The van der Waals surface area contributed by atoms with Gasteiger partial charge in [-0.1, -0.05) is 19.1 Å². The Labute approximate surface area is 88.9 Å². The lowest BCUT2D eigenvalue weighted by molar-refractivity contribution is 0.625. The molecule has 0 aliphatic rings. The van der Waals surface area contributed by atoms with E-state index in [2.05, 4.69) is 6.92 Å². The molecule has 0 saturated heterocycles. The van der Waals surface area contributed by atoms with Crippen LogP contribution >= 0.6 is 11.8 Å². The van der Waals surface area contributed by atoms with E-state index in [4.69, 9.17) is 5.73 Å². The molecule has 0 spiro atoms. The first-order chi connectivity index (χ1) is 6.77. The molecule has 0 saturated carbocycles. The first-order valence-corrected chi connectivity index (χ1v) is 5.90. The summed E-state index contributed by atoms with van der Waals surface area (Å²) in [5.74, 6) is 0.885. The number of rotatable bonds is 5. The maximum absolute atomic E-state index is 12.9. The lowest BCUT2D eigenvalue weighted by atomic mass is 10.1. The van der Waals surface area contributed by atoms with E-state index in [1.165, 1.54) is 6.07 Å². The van der Waals surface area contributed by atoms with Crippen LogP contribution in [0.2, 0.25) is 0 Å². The van der Waals surface area contributed by atoms with E-state index in [0.717, 1.165) is 17.7 Å². The Bertz CT molecular complexity index is 278. The van der Waals surface area contributed by atoms with E-state index in [0.29, 0.717) is 6.54 Å². The fourth-order valence-electron chi connectivity index (χ4n) is 1.27. The lowest BCUT2D eigenvalue weighted by Crippen LogP contribution is -2.10. The molecular weight excluding hydrogens is 197 g/mol. The zero-order valence-electron chi connectivity index (χ0n) is 8.37. The molecule has 78 valence electrons. The Morgan fingerprint density at radius 1 is 1.50 bits per heavy atom. The highest BCUT2D eigenvalue weighted by Crippen LogP contribution is 2.28. The van der Waals surface area contributed by atoms with Gasteiger partial charge in [-0.2, -0.15) is 11.8 Å². The first kappa shape index (κ1) is 11.5. The molecule has 1 aromatic rings. The number of hydrogen-bond acceptors (Lipinski definition) is 2. The molecule has 1 nitrogen and oxygen atoms in total. The van der Waals surface area contributed by atoms with Gasteiger partial charge in [-0.25, -0.2) is 4.39 Å². The van der Waals surface area contributed by atoms with E-state index in [9.17, 15) is 4.39 Å². The highest BCUT2D eigenvalue weighted by molar-refractivity contribution is 7.99. The van der Waals surface area contributed by atoms with Crippen molar-refractivity contribution >= 4 is 11.8 Å². The molecule has 0 amide bonds. The molecule has 1 rings (SSSR count). The number of thioether (sulfide) groups is 1. The molecule has 14 heavy (non-hydrogen) atoms. The van der Waals surface area contributed by atoms with Crippen LogP contribution in [0, 0.1) is 5.82 Å². The number of nitrogens with two attached hydrogens (primary N) is 1.